The number of hydrogen-bond acceptors (Lipinski definition) is 1. The fourth-order valence-electron chi connectivity index (χ4n) is 1.81. The van der Waals surface area contributed by atoms with Crippen molar-refractivity contribution in [1.29, 1.82) is 0 Å². The molecule has 3 heteroatoms. The number of alkyl halides is 1. The summed E-state index contributed by atoms with van der Waals surface area (Å²) >= 11 is 11.5. The van der Waals surface area contributed by atoms with Gasteiger partial charge in [-0.1, -0.05) is 46.6 Å². The molecule has 1 unspecified atom stereocenters. The maximum atomic E-state index is 5.89. The highest BCUT2D eigenvalue weighted by molar-refractivity contribution is 9.09. The molecule has 0 aromatic heterocycles. The number of thioether (sulfide) groups is 1. The van der Waals surface area contributed by atoms with Gasteiger partial charge in [0.1, 0.15) is 0 Å². The molecule has 0 amide bonds. The van der Waals surface area contributed by atoms with E-state index in [1.54, 1.807) is 0 Å². The molecule has 0 bridgehead atoms. The first-order valence-corrected chi connectivity index (χ1v) is 8.79. The molecule has 1 aromatic rings. The third-order valence-corrected chi connectivity index (χ3v) is 4.91. The maximum absolute atomic E-state index is 5.89. The van der Waals surface area contributed by atoms with Crippen LogP contribution in [0.4, 0.5) is 0 Å². The van der Waals surface area contributed by atoms with Gasteiger partial charge in [0.05, 0.1) is 0 Å². The fraction of sp³-hybridized carbons (Fsp3) is 0.571. The topological polar surface area (TPSA) is 0 Å². The second kappa shape index (κ2) is 9.29. The van der Waals surface area contributed by atoms with Gasteiger partial charge in [-0.15, -0.1) is 0 Å². The van der Waals surface area contributed by atoms with Crippen LogP contribution in [0.3, 0.4) is 0 Å². The highest BCUT2D eigenvalue weighted by atomic mass is 79.9. The van der Waals surface area contributed by atoms with Crippen LogP contribution in [0.2, 0.25) is 5.02 Å². The minimum absolute atomic E-state index is 0.744. The predicted molar refractivity (Wildman–Crippen MR) is 84.7 cm³/mol. The molecule has 0 aliphatic heterocycles. The SMILES string of the molecule is CCSCCCC(CBr)Cc1ccc(Cl)cc1. The van der Waals surface area contributed by atoms with E-state index >= 15 is 0 Å². The molecule has 0 fully saturated rings. The average molecular weight is 336 g/mol. The quantitative estimate of drug-likeness (QED) is 0.451. The summed E-state index contributed by atoms with van der Waals surface area (Å²) in [6.07, 6.45) is 3.78. The Hall–Kier alpha value is 0.340. The van der Waals surface area contributed by atoms with Crippen LogP contribution in [0.15, 0.2) is 24.3 Å². The Balaban J connectivity index is 2.33. The molecule has 0 N–H and O–H groups in total. The molecule has 0 heterocycles. The zero-order valence-electron chi connectivity index (χ0n) is 10.3. The van der Waals surface area contributed by atoms with Crippen molar-refractivity contribution in [3.63, 3.8) is 0 Å². The number of benzene rings is 1. The second-order valence-corrected chi connectivity index (χ2v) is 6.67. The smallest absolute Gasteiger partial charge is 0.0406 e. The Bertz CT molecular complexity index is 300. The molecule has 0 saturated heterocycles. The van der Waals surface area contributed by atoms with Gasteiger partial charge >= 0.3 is 0 Å². The second-order valence-electron chi connectivity index (χ2n) is 4.19. The predicted octanol–water partition coefficient (Wildman–Crippen LogP) is 5.43. The van der Waals surface area contributed by atoms with Gasteiger partial charge < -0.3 is 0 Å². The van der Waals surface area contributed by atoms with Crippen LogP contribution < -0.4 is 0 Å². The van der Waals surface area contributed by atoms with Crippen molar-refractivity contribution in [1.82, 2.24) is 0 Å². The van der Waals surface area contributed by atoms with Crippen LogP contribution in [-0.4, -0.2) is 16.8 Å². The molecule has 0 radical (unpaired) electrons. The van der Waals surface area contributed by atoms with Crippen molar-refractivity contribution in [2.45, 2.75) is 26.2 Å². The molecule has 1 aromatic carbocycles. The normalized spacial score (nSPS) is 12.6. The summed E-state index contributed by atoms with van der Waals surface area (Å²) in [7, 11) is 0. The lowest BCUT2D eigenvalue weighted by Crippen LogP contribution is -2.06. The van der Waals surface area contributed by atoms with Gasteiger partial charge in [-0.3, -0.25) is 0 Å². The average Bonchev–Trinajstić information content (AvgIpc) is 2.35. The summed E-state index contributed by atoms with van der Waals surface area (Å²) in [6, 6.07) is 8.24. The lowest BCUT2D eigenvalue weighted by atomic mass is 9.97. The summed E-state index contributed by atoms with van der Waals surface area (Å²) in [5.41, 5.74) is 1.39. The monoisotopic (exact) mass is 334 g/mol. The van der Waals surface area contributed by atoms with Crippen LogP contribution in [0.1, 0.15) is 25.3 Å². The van der Waals surface area contributed by atoms with Gasteiger partial charge in [0.2, 0.25) is 0 Å². The van der Waals surface area contributed by atoms with Crippen molar-refractivity contribution in [3.05, 3.63) is 34.9 Å². The van der Waals surface area contributed by atoms with Crippen molar-refractivity contribution in [2.75, 3.05) is 16.8 Å². The summed E-state index contributed by atoms with van der Waals surface area (Å²) in [5.74, 6) is 3.27. The van der Waals surface area contributed by atoms with E-state index in [4.69, 9.17) is 11.6 Å². The Morgan fingerprint density at radius 1 is 1.29 bits per heavy atom. The van der Waals surface area contributed by atoms with Gasteiger partial charge in [-0.25, -0.2) is 0 Å². The Morgan fingerprint density at radius 2 is 2.00 bits per heavy atom. The van der Waals surface area contributed by atoms with Gasteiger partial charge in [0, 0.05) is 10.4 Å². The summed E-state index contributed by atoms with van der Waals surface area (Å²) < 4.78 is 0. The third kappa shape index (κ3) is 6.73. The Morgan fingerprint density at radius 3 is 2.59 bits per heavy atom. The minimum atomic E-state index is 0.744. The number of halogens is 2. The van der Waals surface area contributed by atoms with E-state index in [0.717, 1.165) is 22.7 Å². The van der Waals surface area contributed by atoms with E-state index in [-0.39, 0.29) is 0 Å². The molecule has 0 aliphatic rings. The molecular weight excluding hydrogens is 316 g/mol. The van der Waals surface area contributed by atoms with E-state index in [1.807, 2.05) is 23.9 Å². The van der Waals surface area contributed by atoms with Crippen LogP contribution in [-0.2, 0) is 6.42 Å². The molecule has 0 aliphatic carbocycles. The van der Waals surface area contributed by atoms with Crippen LogP contribution in [0.5, 0.6) is 0 Å². The molecule has 0 nitrogen and oxygen atoms in total. The lowest BCUT2D eigenvalue weighted by Gasteiger charge is -2.13. The molecule has 96 valence electrons. The zero-order chi connectivity index (χ0) is 12.5. The molecule has 0 spiro atoms. The first-order chi connectivity index (χ1) is 8.26. The third-order valence-electron chi connectivity index (χ3n) is 2.76. The van der Waals surface area contributed by atoms with Crippen LogP contribution in [0.25, 0.3) is 0 Å². The number of hydrogen-bond donors (Lipinski definition) is 0. The van der Waals surface area contributed by atoms with Crippen molar-refractivity contribution >= 4 is 39.3 Å². The fourth-order valence-corrected chi connectivity index (χ4v) is 3.14. The summed E-state index contributed by atoms with van der Waals surface area (Å²) in [5, 5.41) is 1.91. The molecule has 0 saturated carbocycles. The van der Waals surface area contributed by atoms with Gasteiger partial charge in [-0.2, -0.15) is 11.8 Å². The van der Waals surface area contributed by atoms with E-state index in [9.17, 15) is 0 Å². The highest BCUT2D eigenvalue weighted by Gasteiger charge is 2.08. The van der Waals surface area contributed by atoms with Crippen molar-refractivity contribution in [2.24, 2.45) is 5.92 Å². The molecule has 1 rings (SSSR count). The standard InChI is InChI=1S/C14H20BrClS/c1-2-17-9-3-4-13(11-15)10-12-5-7-14(16)8-6-12/h5-8,13H,2-4,9-11H2,1H3. The van der Waals surface area contributed by atoms with E-state index in [0.29, 0.717) is 0 Å². The van der Waals surface area contributed by atoms with Gasteiger partial charge in [-0.05, 0) is 54.4 Å². The summed E-state index contributed by atoms with van der Waals surface area (Å²) in [4.78, 5) is 0. The van der Waals surface area contributed by atoms with Crippen LogP contribution in [0, 0.1) is 5.92 Å². The van der Waals surface area contributed by atoms with Gasteiger partial charge in [0.25, 0.3) is 0 Å². The first-order valence-electron chi connectivity index (χ1n) is 6.14. The Labute approximate surface area is 123 Å². The summed E-state index contributed by atoms with van der Waals surface area (Å²) in [6.45, 7) is 2.22. The van der Waals surface area contributed by atoms with Gasteiger partial charge in [0.15, 0.2) is 0 Å². The lowest BCUT2D eigenvalue weighted by molar-refractivity contribution is 0.537. The van der Waals surface area contributed by atoms with E-state index in [2.05, 4.69) is 35.0 Å². The largest absolute Gasteiger partial charge is 0.162 e. The molecule has 17 heavy (non-hydrogen) atoms. The van der Waals surface area contributed by atoms with Crippen LogP contribution >= 0.6 is 39.3 Å². The van der Waals surface area contributed by atoms with E-state index < -0.39 is 0 Å². The number of rotatable bonds is 8. The van der Waals surface area contributed by atoms with E-state index in [1.165, 1.54) is 29.9 Å². The van der Waals surface area contributed by atoms with Crippen molar-refractivity contribution < 1.29 is 0 Å². The highest BCUT2D eigenvalue weighted by Crippen LogP contribution is 2.19. The Kier molecular flexibility index (Phi) is 8.42. The first kappa shape index (κ1) is 15.4. The zero-order valence-corrected chi connectivity index (χ0v) is 13.5. The molecular formula is C14H20BrClS. The maximum Gasteiger partial charge on any atom is 0.0406 e. The minimum Gasteiger partial charge on any atom is -0.162 e. The molecule has 1 atom stereocenters. The van der Waals surface area contributed by atoms with Crippen molar-refractivity contribution in [3.8, 4) is 0 Å².